The third-order valence-corrected chi connectivity index (χ3v) is 6.84. The topological polar surface area (TPSA) is 54.5 Å². The number of thiophene rings is 1. The minimum atomic E-state index is -0.299. The summed E-state index contributed by atoms with van der Waals surface area (Å²) >= 11 is 4.90. The average Bonchev–Trinajstić information content (AvgIpc) is 3.16. The van der Waals surface area contributed by atoms with Crippen LogP contribution in [0.25, 0.3) is 0 Å². The third kappa shape index (κ3) is 2.59. The maximum Gasteiger partial charge on any atom is 0.261 e. The number of aryl methyl sites for hydroxylation is 2. The molecule has 0 bridgehead atoms. The first-order valence-electron chi connectivity index (χ1n) is 8.92. The first-order chi connectivity index (χ1) is 13.5. The summed E-state index contributed by atoms with van der Waals surface area (Å²) in [6, 6.07) is 12.6. The summed E-state index contributed by atoms with van der Waals surface area (Å²) in [6.07, 6.45) is 1.57. The number of hydrogen-bond acceptors (Lipinski definition) is 4. The van der Waals surface area contributed by atoms with E-state index < -0.39 is 0 Å². The summed E-state index contributed by atoms with van der Waals surface area (Å²) in [7, 11) is 0. The van der Waals surface area contributed by atoms with Crippen LogP contribution in [0.1, 0.15) is 52.6 Å². The number of halogens is 1. The number of benzene rings is 2. The van der Waals surface area contributed by atoms with E-state index in [-0.39, 0.29) is 24.1 Å². The van der Waals surface area contributed by atoms with Gasteiger partial charge in [0.05, 0.1) is 17.7 Å². The predicted molar refractivity (Wildman–Crippen MR) is 110 cm³/mol. The summed E-state index contributed by atoms with van der Waals surface area (Å²) in [5.41, 5.74) is 4.22. The van der Waals surface area contributed by atoms with Crippen LogP contribution in [0.4, 0.5) is 0 Å². The molecule has 0 saturated heterocycles. The lowest BCUT2D eigenvalue weighted by atomic mass is 9.99. The van der Waals surface area contributed by atoms with Crippen molar-refractivity contribution < 1.29 is 14.4 Å². The molecule has 2 amide bonds. The molecule has 1 aliphatic carbocycles. The van der Waals surface area contributed by atoms with E-state index in [1.807, 2.05) is 23.6 Å². The van der Waals surface area contributed by atoms with Crippen molar-refractivity contribution in [2.75, 3.05) is 0 Å². The van der Waals surface area contributed by atoms with Crippen molar-refractivity contribution in [3.05, 3.63) is 90.6 Å². The Bertz CT molecular complexity index is 1150. The number of hydrogen-bond donors (Lipinski definition) is 0. The Kier molecular flexibility index (Phi) is 4.07. The molecule has 0 unspecified atom stereocenters. The quantitative estimate of drug-likeness (QED) is 0.533. The molecule has 1 aliphatic heterocycles. The standard InChI is InChI=1S/C22H14BrNO3S/c23-14-8-7-12-5-6-13-11-28-18(19(13)20(25)17(12)9-14)10-24-21(26)15-3-1-2-4-16(15)22(24)27/h1-4,7-9,11H,5-6,10H2. The molecule has 0 N–H and O–H groups in total. The second kappa shape index (κ2) is 6.50. The predicted octanol–water partition coefficient (Wildman–Crippen LogP) is 4.64. The van der Waals surface area contributed by atoms with E-state index in [9.17, 15) is 14.4 Å². The van der Waals surface area contributed by atoms with Crippen LogP contribution in [-0.2, 0) is 19.4 Å². The van der Waals surface area contributed by atoms with Gasteiger partial charge in [-0.15, -0.1) is 11.3 Å². The molecule has 0 radical (unpaired) electrons. The maximum atomic E-state index is 13.3. The molecule has 6 heteroatoms. The molecule has 138 valence electrons. The van der Waals surface area contributed by atoms with Gasteiger partial charge in [0, 0.05) is 20.5 Å². The highest BCUT2D eigenvalue weighted by Crippen LogP contribution is 2.34. The fourth-order valence-corrected chi connectivity index (χ4v) is 5.35. The van der Waals surface area contributed by atoms with E-state index in [0.29, 0.717) is 22.3 Å². The van der Waals surface area contributed by atoms with Crippen LogP contribution in [0, 0.1) is 0 Å². The van der Waals surface area contributed by atoms with Crippen molar-refractivity contribution in [2.45, 2.75) is 19.4 Å². The first kappa shape index (κ1) is 17.5. The van der Waals surface area contributed by atoms with Crippen LogP contribution in [0.15, 0.2) is 52.3 Å². The molecular weight excluding hydrogens is 438 g/mol. The van der Waals surface area contributed by atoms with Gasteiger partial charge in [-0.25, -0.2) is 0 Å². The van der Waals surface area contributed by atoms with Gasteiger partial charge in [-0.2, -0.15) is 0 Å². The van der Waals surface area contributed by atoms with Crippen molar-refractivity contribution in [3.8, 4) is 0 Å². The largest absolute Gasteiger partial charge is 0.289 e. The highest BCUT2D eigenvalue weighted by molar-refractivity contribution is 9.10. The van der Waals surface area contributed by atoms with Crippen LogP contribution >= 0.6 is 27.3 Å². The first-order valence-corrected chi connectivity index (χ1v) is 10.6. The maximum absolute atomic E-state index is 13.3. The fourth-order valence-electron chi connectivity index (χ4n) is 3.92. The molecule has 5 rings (SSSR count). The zero-order chi connectivity index (χ0) is 19.4. The minimum Gasteiger partial charge on any atom is -0.289 e. The van der Waals surface area contributed by atoms with Gasteiger partial charge < -0.3 is 0 Å². The van der Waals surface area contributed by atoms with E-state index in [2.05, 4.69) is 15.9 Å². The summed E-state index contributed by atoms with van der Waals surface area (Å²) in [5.74, 6) is -0.629. The summed E-state index contributed by atoms with van der Waals surface area (Å²) < 4.78 is 0.861. The lowest BCUT2D eigenvalue weighted by molar-refractivity contribution is 0.0642. The Morgan fingerprint density at radius 2 is 1.57 bits per heavy atom. The lowest BCUT2D eigenvalue weighted by Gasteiger charge is -2.14. The highest BCUT2D eigenvalue weighted by Gasteiger charge is 2.36. The van der Waals surface area contributed by atoms with Crippen molar-refractivity contribution in [1.29, 1.82) is 0 Å². The molecular formula is C22H14BrNO3S. The van der Waals surface area contributed by atoms with Crippen molar-refractivity contribution >= 4 is 44.9 Å². The van der Waals surface area contributed by atoms with Gasteiger partial charge in [-0.05, 0) is 53.6 Å². The number of ketones is 1. The zero-order valence-corrected chi connectivity index (χ0v) is 17.1. The van der Waals surface area contributed by atoms with Gasteiger partial charge in [-0.1, -0.05) is 34.1 Å². The van der Waals surface area contributed by atoms with Crippen molar-refractivity contribution in [2.24, 2.45) is 0 Å². The van der Waals surface area contributed by atoms with Gasteiger partial charge in [0.15, 0.2) is 5.78 Å². The van der Waals surface area contributed by atoms with Crippen molar-refractivity contribution in [1.82, 2.24) is 4.90 Å². The van der Waals surface area contributed by atoms with E-state index in [4.69, 9.17) is 0 Å². The van der Waals surface area contributed by atoms with Gasteiger partial charge in [0.2, 0.25) is 0 Å². The van der Waals surface area contributed by atoms with E-state index >= 15 is 0 Å². The van der Waals surface area contributed by atoms with Gasteiger partial charge in [0.1, 0.15) is 0 Å². The van der Waals surface area contributed by atoms with Gasteiger partial charge >= 0.3 is 0 Å². The van der Waals surface area contributed by atoms with Crippen LogP contribution < -0.4 is 0 Å². The molecule has 1 aromatic heterocycles. The molecule has 2 heterocycles. The molecule has 2 aromatic carbocycles. The molecule has 0 spiro atoms. The number of amides is 2. The average molecular weight is 452 g/mol. The number of rotatable bonds is 2. The molecule has 4 nitrogen and oxygen atoms in total. The van der Waals surface area contributed by atoms with Crippen LogP contribution in [0.3, 0.4) is 0 Å². The van der Waals surface area contributed by atoms with E-state index in [1.165, 1.54) is 16.2 Å². The Hall–Kier alpha value is -2.57. The molecule has 0 fully saturated rings. The highest BCUT2D eigenvalue weighted by atomic mass is 79.9. The second-order valence-electron chi connectivity index (χ2n) is 6.93. The normalized spacial score (nSPS) is 15.3. The van der Waals surface area contributed by atoms with Gasteiger partial charge in [0.25, 0.3) is 11.8 Å². The SMILES string of the molecule is O=C1c2cc(Br)ccc2CCc2csc(CN3C(=O)c4ccccc4C3=O)c21. The second-order valence-corrected chi connectivity index (χ2v) is 8.81. The van der Waals surface area contributed by atoms with E-state index in [0.717, 1.165) is 33.3 Å². The monoisotopic (exact) mass is 451 g/mol. The Morgan fingerprint density at radius 3 is 2.29 bits per heavy atom. The lowest BCUT2D eigenvalue weighted by Crippen LogP contribution is -2.29. The van der Waals surface area contributed by atoms with E-state index in [1.54, 1.807) is 24.3 Å². The Balaban J connectivity index is 1.54. The molecule has 0 atom stereocenters. The van der Waals surface area contributed by atoms with Crippen LogP contribution in [-0.4, -0.2) is 22.5 Å². The number of fused-ring (bicyclic) bond motifs is 3. The zero-order valence-electron chi connectivity index (χ0n) is 14.7. The van der Waals surface area contributed by atoms with Gasteiger partial charge in [-0.3, -0.25) is 19.3 Å². The third-order valence-electron chi connectivity index (χ3n) is 5.33. The smallest absolute Gasteiger partial charge is 0.261 e. The molecule has 28 heavy (non-hydrogen) atoms. The number of carbonyl (C=O) groups excluding carboxylic acids is 3. The van der Waals surface area contributed by atoms with Crippen LogP contribution in [0.2, 0.25) is 0 Å². The van der Waals surface area contributed by atoms with Crippen LogP contribution in [0.5, 0.6) is 0 Å². The summed E-state index contributed by atoms with van der Waals surface area (Å²) in [6.45, 7) is 0.126. The molecule has 2 aliphatic rings. The molecule has 0 saturated carbocycles. The summed E-state index contributed by atoms with van der Waals surface area (Å²) in [4.78, 5) is 40.8. The number of nitrogens with zero attached hydrogens (tertiary/aromatic N) is 1. The Labute approximate surface area is 173 Å². The number of carbonyl (C=O) groups is 3. The minimum absolute atomic E-state index is 0.0309. The molecule has 3 aromatic rings. The Morgan fingerprint density at radius 1 is 0.893 bits per heavy atom. The van der Waals surface area contributed by atoms with Crippen molar-refractivity contribution in [3.63, 3.8) is 0 Å². The number of imide groups is 1. The fraction of sp³-hybridized carbons (Fsp3) is 0.136. The summed E-state index contributed by atoms with van der Waals surface area (Å²) in [5, 5.41) is 1.99.